The van der Waals surface area contributed by atoms with Crippen LogP contribution in [0.25, 0.3) is 0 Å². The summed E-state index contributed by atoms with van der Waals surface area (Å²) in [5.41, 5.74) is 1.26. The molecule has 0 bridgehead atoms. The molecule has 3 rings (SSSR count). The third kappa shape index (κ3) is 4.32. The molecule has 21 heavy (non-hydrogen) atoms. The fourth-order valence-corrected chi connectivity index (χ4v) is 3.79. The van der Waals surface area contributed by atoms with E-state index in [4.69, 9.17) is 0 Å². The Morgan fingerprint density at radius 1 is 1.19 bits per heavy atom. The summed E-state index contributed by atoms with van der Waals surface area (Å²) in [6, 6.07) is 5.60. The van der Waals surface area contributed by atoms with Crippen LogP contribution in [-0.2, 0) is 0 Å². The van der Waals surface area contributed by atoms with E-state index in [1.54, 1.807) is 12.1 Å². The molecule has 0 radical (unpaired) electrons. The van der Waals surface area contributed by atoms with Gasteiger partial charge in [-0.15, -0.1) is 24.8 Å². The Kier molecular flexibility index (Phi) is 7.93. The lowest BCUT2D eigenvalue weighted by Crippen LogP contribution is -2.47. The van der Waals surface area contributed by atoms with E-state index in [0.29, 0.717) is 6.04 Å². The second-order valence-corrected chi connectivity index (χ2v) is 6.44. The lowest BCUT2D eigenvalue weighted by atomic mass is 9.76. The number of hydrogen-bond acceptors (Lipinski definition) is 2. The van der Waals surface area contributed by atoms with Crippen molar-refractivity contribution in [2.24, 2.45) is 5.92 Å². The standard InChI is InChI=1S/C15H20BrFN2.2ClH/c16-14-10-12(17)4-5-13(14)15(11-2-1-3-11)19-8-6-18-7-9-19;;/h4-5,10-11,15,18H,1-3,6-9H2;2*1H/t15-;;/m1../s1. The van der Waals surface area contributed by atoms with E-state index in [2.05, 4.69) is 26.1 Å². The molecule has 120 valence electrons. The van der Waals surface area contributed by atoms with Crippen molar-refractivity contribution in [3.05, 3.63) is 34.1 Å². The lowest BCUT2D eigenvalue weighted by Gasteiger charge is -2.43. The van der Waals surface area contributed by atoms with E-state index in [9.17, 15) is 4.39 Å². The van der Waals surface area contributed by atoms with Crippen LogP contribution in [0.4, 0.5) is 4.39 Å². The average molecular weight is 400 g/mol. The monoisotopic (exact) mass is 398 g/mol. The summed E-state index contributed by atoms with van der Waals surface area (Å²) in [6.07, 6.45) is 3.95. The van der Waals surface area contributed by atoms with Gasteiger partial charge in [-0.3, -0.25) is 4.90 Å². The summed E-state index contributed by atoms with van der Waals surface area (Å²) >= 11 is 3.55. The zero-order valence-electron chi connectivity index (χ0n) is 11.9. The van der Waals surface area contributed by atoms with Crippen molar-refractivity contribution in [3.8, 4) is 0 Å². The first kappa shape index (κ1) is 19.2. The molecular weight excluding hydrogens is 378 g/mol. The number of rotatable bonds is 3. The maximum absolute atomic E-state index is 13.3. The van der Waals surface area contributed by atoms with Crippen molar-refractivity contribution in [2.45, 2.75) is 25.3 Å². The molecule has 2 aliphatic rings. The molecule has 1 aliphatic carbocycles. The van der Waals surface area contributed by atoms with Gasteiger partial charge < -0.3 is 5.32 Å². The van der Waals surface area contributed by atoms with Gasteiger partial charge in [0.1, 0.15) is 5.82 Å². The fraction of sp³-hybridized carbons (Fsp3) is 0.600. The largest absolute Gasteiger partial charge is 0.314 e. The van der Waals surface area contributed by atoms with Crippen LogP contribution in [0, 0.1) is 11.7 Å². The molecule has 2 fully saturated rings. The van der Waals surface area contributed by atoms with Crippen LogP contribution in [0.2, 0.25) is 0 Å². The van der Waals surface area contributed by atoms with E-state index in [0.717, 1.165) is 36.6 Å². The number of hydrogen-bond donors (Lipinski definition) is 1. The average Bonchev–Trinajstić information content (AvgIpc) is 2.35. The Labute approximate surface area is 146 Å². The van der Waals surface area contributed by atoms with E-state index in [1.807, 2.05) is 6.07 Å². The van der Waals surface area contributed by atoms with Gasteiger partial charge in [-0.1, -0.05) is 28.4 Å². The lowest BCUT2D eigenvalue weighted by molar-refractivity contribution is 0.0832. The van der Waals surface area contributed by atoms with E-state index >= 15 is 0 Å². The highest BCUT2D eigenvalue weighted by atomic mass is 79.9. The van der Waals surface area contributed by atoms with Crippen LogP contribution >= 0.6 is 40.7 Å². The van der Waals surface area contributed by atoms with Crippen LogP contribution < -0.4 is 5.32 Å². The number of benzene rings is 1. The van der Waals surface area contributed by atoms with Gasteiger partial charge in [0.05, 0.1) is 0 Å². The van der Waals surface area contributed by atoms with Gasteiger partial charge >= 0.3 is 0 Å². The molecule has 1 saturated heterocycles. The van der Waals surface area contributed by atoms with Crippen molar-refractivity contribution in [3.63, 3.8) is 0 Å². The predicted molar refractivity (Wildman–Crippen MR) is 93.1 cm³/mol. The van der Waals surface area contributed by atoms with Gasteiger partial charge in [-0.25, -0.2) is 4.39 Å². The molecule has 0 unspecified atom stereocenters. The van der Waals surface area contributed by atoms with Crippen molar-refractivity contribution < 1.29 is 4.39 Å². The van der Waals surface area contributed by atoms with E-state index < -0.39 is 0 Å². The first-order valence-corrected chi connectivity index (χ1v) is 7.95. The maximum atomic E-state index is 13.3. The molecule has 1 heterocycles. The molecule has 1 N–H and O–H groups in total. The SMILES string of the molecule is Cl.Cl.Fc1ccc([C@@H](C2CCC2)N2CCNCC2)c(Br)c1. The molecule has 1 aliphatic heterocycles. The summed E-state index contributed by atoms with van der Waals surface area (Å²) < 4.78 is 14.2. The summed E-state index contributed by atoms with van der Waals surface area (Å²) in [5.74, 6) is 0.572. The maximum Gasteiger partial charge on any atom is 0.124 e. The number of nitrogens with zero attached hydrogens (tertiary/aromatic N) is 1. The molecule has 0 spiro atoms. The second-order valence-electron chi connectivity index (χ2n) is 5.59. The minimum absolute atomic E-state index is 0. The van der Waals surface area contributed by atoms with Crippen molar-refractivity contribution in [1.82, 2.24) is 10.2 Å². The van der Waals surface area contributed by atoms with Crippen LogP contribution in [0.1, 0.15) is 30.9 Å². The van der Waals surface area contributed by atoms with Crippen molar-refractivity contribution in [1.29, 1.82) is 0 Å². The second kappa shape index (κ2) is 8.68. The van der Waals surface area contributed by atoms with Crippen molar-refractivity contribution >= 4 is 40.7 Å². The Morgan fingerprint density at radius 2 is 1.86 bits per heavy atom. The summed E-state index contributed by atoms with van der Waals surface area (Å²) in [6.45, 7) is 4.29. The smallest absolute Gasteiger partial charge is 0.124 e. The highest BCUT2D eigenvalue weighted by Crippen LogP contribution is 2.43. The first-order valence-electron chi connectivity index (χ1n) is 7.15. The fourth-order valence-electron chi connectivity index (χ4n) is 3.21. The molecule has 0 aromatic heterocycles. The summed E-state index contributed by atoms with van der Waals surface area (Å²) in [4.78, 5) is 2.57. The molecule has 1 aromatic carbocycles. The van der Waals surface area contributed by atoms with Gasteiger partial charge in [0.15, 0.2) is 0 Å². The zero-order valence-corrected chi connectivity index (χ0v) is 15.1. The molecular formula is C15H22BrCl2FN2. The highest BCUT2D eigenvalue weighted by molar-refractivity contribution is 9.10. The molecule has 0 amide bonds. The molecule has 1 saturated carbocycles. The van der Waals surface area contributed by atoms with Gasteiger partial charge in [-0.05, 0) is 36.5 Å². The van der Waals surface area contributed by atoms with Crippen LogP contribution in [-0.4, -0.2) is 31.1 Å². The third-order valence-corrected chi connectivity index (χ3v) is 5.11. The van der Waals surface area contributed by atoms with E-state index in [-0.39, 0.29) is 30.6 Å². The minimum Gasteiger partial charge on any atom is -0.314 e. The van der Waals surface area contributed by atoms with Crippen LogP contribution in [0.15, 0.2) is 22.7 Å². The van der Waals surface area contributed by atoms with Crippen LogP contribution in [0.3, 0.4) is 0 Å². The number of nitrogens with one attached hydrogen (secondary N) is 1. The Balaban J connectivity index is 0.00000110. The molecule has 1 atom stereocenters. The number of halogens is 4. The molecule has 2 nitrogen and oxygen atoms in total. The normalized spacial score (nSPS) is 20.9. The quantitative estimate of drug-likeness (QED) is 0.820. The van der Waals surface area contributed by atoms with Gasteiger partial charge in [-0.2, -0.15) is 0 Å². The predicted octanol–water partition coefficient (Wildman–Crippen LogP) is 4.18. The van der Waals surface area contributed by atoms with E-state index in [1.165, 1.54) is 24.8 Å². The highest BCUT2D eigenvalue weighted by Gasteiger charge is 2.34. The topological polar surface area (TPSA) is 15.3 Å². The number of piperazine rings is 1. The third-order valence-electron chi connectivity index (χ3n) is 4.42. The van der Waals surface area contributed by atoms with Gasteiger partial charge in [0.25, 0.3) is 0 Å². The summed E-state index contributed by atoms with van der Waals surface area (Å²) in [7, 11) is 0. The Bertz CT molecular complexity index is 451. The summed E-state index contributed by atoms with van der Waals surface area (Å²) in [5, 5.41) is 3.41. The Morgan fingerprint density at radius 3 is 2.38 bits per heavy atom. The van der Waals surface area contributed by atoms with Gasteiger partial charge in [0.2, 0.25) is 0 Å². The minimum atomic E-state index is -0.164. The molecule has 1 aromatic rings. The van der Waals surface area contributed by atoms with Gasteiger partial charge in [0, 0.05) is 36.7 Å². The first-order chi connectivity index (χ1) is 9.25. The zero-order chi connectivity index (χ0) is 13.2. The molecule has 6 heteroatoms. The Hall–Kier alpha value is 0.130. The van der Waals surface area contributed by atoms with Crippen molar-refractivity contribution in [2.75, 3.05) is 26.2 Å². The van der Waals surface area contributed by atoms with Crippen LogP contribution in [0.5, 0.6) is 0 Å².